The lowest BCUT2D eigenvalue weighted by atomic mass is 10.2. The van der Waals surface area contributed by atoms with Crippen molar-refractivity contribution in [2.45, 2.75) is 20.3 Å². The molecule has 0 aromatic heterocycles. The SMILES string of the molecule is COc1ccc(C(=O)N/N=C(\C)CC(=O)Nc2cccc(Cl)c2C)c(OC)c1. The summed E-state index contributed by atoms with van der Waals surface area (Å²) in [6, 6.07) is 10.1. The molecule has 0 spiro atoms. The number of benzene rings is 2. The maximum absolute atomic E-state index is 12.3. The molecule has 0 radical (unpaired) electrons. The average Bonchev–Trinajstić information content (AvgIpc) is 2.69. The Balaban J connectivity index is 1.99. The van der Waals surface area contributed by atoms with Gasteiger partial charge in [-0.3, -0.25) is 9.59 Å². The third-order valence-corrected chi connectivity index (χ3v) is 4.37. The number of amides is 2. The molecule has 2 aromatic carbocycles. The molecule has 0 aliphatic heterocycles. The number of ether oxygens (including phenoxy) is 2. The maximum atomic E-state index is 12.3. The van der Waals surface area contributed by atoms with E-state index in [1.165, 1.54) is 14.2 Å². The van der Waals surface area contributed by atoms with Crippen molar-refractivity contribution in [3.05, 3.63) is 52.5 Å². The van der Waals surface area contributed by atoms with Crippen molar-refractivity contribution in [1.29, 1.82) is 0 Å². The Morgan fingerprint density at radius 3 is 2.57 bits per heavy atom. The summed E-state index contributed by atoms with van der Waals surface area (Å²) < 4.78 is 10.3. The van der Waals surface area contributed by atoms with Crippen LogP contribution in [-0.2, 0) is 4.79 Å². The number of methoxy groups -OCH3 is 2. The van der Waals surface area contributed by atoms with Crippen LogP contribution in [0.25, 0.3) is 0 Å². The van der Waals surface area contributed by atoms with Crippen molar-refractivity contribution in [2.75, 3.05) is 19.5 Å². The van der Waals surface area contributed by atoms with Crippen LogP contribution in [0.4, 0.5) is 5.69 Å². The van der Waals surface area contributed by atoms with Crippen molar-refractivity contribution in [3.8, 4) is 11.5 Å². The Hall–Kier alpha value is -3.06. The summed E-state index contributed by atoms with van der Waals surface area (Å²) in [7, 11) is 2.99. The van der Waals surface area contributed by atoms with Crippen LogP contribution in [0.3, 0.4) is 0 Å². The van der Waals surface area contributed by atoms with Gasteiger partial charge in [0.05, 0.1) is 26.2 Å². The normalized spacial score (nSPS) is 11.0. The predicted molar refractivity (Wildman–Crippen MR) is 110 cm³/mol. The Kier molecular flexibility index (Phi) is 7.40. The first-order valence-electron chi connectivity index (χ1n) is 8.46. The van der Waals surface area contributed by atoms with E-state index in [2.05, 4.69) is 15.8 Å². The van der Waals surface area contributed by atoms with Gasteiger partial charge in [-0.15, -0.1) is 0 Å². The molecule has 0 aliphatic carbocycles. The minimum atomic E-state index is -0.454. The average molecular weight is 404 g/mol. The number of carbonyl (C=O) groups is 2. The Morgan fingerprint density at radius 1 is 1.14 bits per heavy atom. The van der Waals surface area contributed by atoms with Gasteiger partial charge >= 0.3 is 0 Å². The highest BCUT2D eigenvalue weighted by Crippen LogP contribution is 2.24. The van der Waals surface area contributed by atoms with E-state index in [9.17, 15) is 9.59 Å². The van der Waals surface area contributed by atoms with Gasteiger partial charge in [-0.05, 0) is 43.7 Å². The highest BCUT2D eigenvalue weighted by molar-refractivity contribution is 6.31. The van der Waals surface area contributed by atoms with Gasteiger partial charge < -0.3 is 14.8 Å². The molecule has 0 bridgehead atoms. The lowest BCUT2D eigenvalue weighted by Gasteiger charge is -2.10. The maximum Gasteiger partial charge on any atom is 0.275 e. The highest BCUT2D eigenvalue weighted by atomic mass is 35.5. The van der Waals surface area contributed by atoms with Crippen LogP contribution in [-0.4, -0.2) is 31.7 Å². The monoisotopic (exact) mass is 403 g/mol. The van der Waals surface area contributed by atoms with E-state index >= 15 is 0 Å². The van der Waals surface area contributed by atoms with Crippen LogP contribution in [0.2, 0.25) is 5.02 Å². The van der Waals surface area contributed by atoms with E-state index in [4.69, 9.17) is 21.1 Å². The van der Waals surface area contributed by atoms with Crippen molar-refractivity contribution < 1.29 is 19.1 Å². The number of carbonyl (C=O) groups excluding carboxylic acids is 2. The fourth-order valence-corrected chi connectivity index (χ4v) is 2.58. The van der Waals surface area contributed by atoms with Crippen LogP contribution >= 0.6 is 11.6 Å². The van der Waals surface area contributed by atoms with Gasteiger partial charge in [0.25, 0.3) is 5.91 Å². The summed E-state index contributed by atoms with van der Waals surface area (Å²) in [6.45, 7) is 3.47. The van der Waals surface area contributed by atoms with E-state index in [1.54, 1.807) is 43.3 Å². The molecule has 0 saturated carbocycles. The third kappa shape index (κ3) is 5.47. The van der Waals surface area contributed by atoms with Crippen LogP contribution in [0.15, 0.2) is 41.5 Å². The van der Waals surface area contributed by atoms with E-state index in [-0.39, 0.29) is 12.3 Å². The van der Waals surface area contributed by atoms with Crippen molar-refractivity contribution in [2.24, 2.45) is 5.10 Å². The number of halogens is 1. The molecule has 2 rings (SSSR count). The van der Waals surface area contributed by atoms with Gasteiger partial charge in [0.2, 0.25) is 5.91 Å². The molecule has 7 nitrogen and oxygen atoms in total. The molecular weight excluding hydrogens is 382 g/mol. The molecule has 2 N–H and O–H groups in total. The van der Waals surface area contributed by atoms with Crippen molar-refractivity contribution in [1.82, 2.24) is 5.43 Å². The second-order valence-corrected chi connectivity index (χ2v) is 6.40. The Bertz CT molecular complexity index is 912. The topological polar surface area (TPSA) is 89.0 Å². The summed E-state index contributed by atoms with van der Waals surface area (Å²) in [5.74, 6) is 0.216. The zero-order valence-electron chi connectivity index (χ0n) is 16.1. The zero-order chi connectivity index (χ0) is 20.7. The largest absolute Gasteiger partial charge is 0.497 e. The van der Waals surface area contributed by atoms with Gasteiger partial charge in [0.15, 0.2) is 0 Å². The fourth-order valence-electron chi connectivity index (χ4n) is 2.40. The third-order valence-electron chi connectivity index (χ3n) is 3.96. The second-order valence-electron chi connectivity index (χ2n) is 5.99. The summed E-state index contributed by atoms with van der Waals surface area (Å²) in [6.07, 6.45) is 0.0198. The zero-order valence-corrected chi connectivity index (χ0v) is 16.9. The molecule has 2 amide bonds. The summed E-state index contributed by atoms with van der Waals surface area (Å²) in [5, 5.41) is 7.34. The van der Waals surface area contributed by atoms with Crippen LogP contribution in [0.1, 0.15) is 29.3 Å². The summed E-state index contributed by atoms with van der Waals surface area (Å²) in [4.78, 5) is 24.5. The number of anilines is 1. The van der Waals surface area contributed by atoms with Crippen LogP contribution in [0, 0.1) is 6.92 Å². The van der Waals surface area contributed by atoms with Gasteiger partial charge in [0, 0.05) is 22.5 Å². The number of rotatable bonds is 7. The minimum Gasteiger partial charge on any atom is -0.497 e. The quantitative estimate of drug-likeness (QED) is 0.543. The highest BCUT2D eigenvalue weighted by Gasteiger charge is 2.13. The minimum absolute atomic E-state index is 0.0198. The van der Waals surface area contributed by atoms with Gasteiger partial charge in [-0.2, -0.15) is 5.10 Å². The number of hydrazone groups is 1. The smallest absolute Gasteiger partial charge is 0.275 e. The number of nitrogens with zero attached hydrogens (tertiary/aromatic N) is 1. The summed E-state index contributed by atoms with van der Waals surface area (Å²) in [5.41, 5.74) is 4.60. The first-order chi connectivity index (χ1) is 13.3. The molecule has 148 valence electrons. The van der Waals surface area contributed by atoms with E-state index in [1.807, 2.05) is 6.92 Å². The van der Waals surface area contributed by atoms with Gasteiger partial charge in [-0.25, -0.2) is 5.43 Å². The van der Waals surface area contributed by atoms with E-state index in [0.717, 1.165) is 5.56 Å². The second kappa shape index (κ2) is 9.75. The standard InChI is InChI=1S/C20H22ClN3O4/c1-12(10-19(25)22-17-7-5-6-16(21)13(17)2)23-24-20(26)15-9-8-14(27-3)11-18(15)28-4/h5-9,11H,10H2,1-4H3,(H,22,25)(H,24,26)/b23-12+. The molecule has 0 aliphatic rings. The molecular formula is C20H22ClN3O4. The van der Waals surface area contributed by atoms with Gasteiger partial charge in [-0.1, -0.05) is 17.7 Å². The lowest BCUT2D eigenvalue weighted by molar-refractivity contribution is -0.115. The Morgan fingerprint density at radius 2 is 1.89 bits per heavy atom. The molecule has 0 heterocycles. The van der Waals surface area contributed by atoms with E-state index < -0.39 is 5.91 Å². The fraction of sp³-hybridized carbons (Fsp3) is 0.250. The van der Waals surface area contributed by atoms with Crippen molar-refractivity contribution in [3.63, 3.8) is 0 Å². The Labute approximate surface area is 168 Å². The first-order valence-corrected chi connectivity index (χ1v) is 8.84. The summed E-state index contributed by atoms with van der Waals surface area (Å²) >= 11 is 6.05. The molecule has 2 aromatic rings. The first kappa shape index (κ1) is 21.2. The van der Waals surface area contributed by atoms with Gasteiger partial charge in [0.1, 0.15) is 11.5 Å². The van der Waals surface area contributed by atoms with Crippen LogP contribution < -0.4 is 20.2 Å². The number of hydrogen-bond donors (Lipinski definition) is 2. The van der Waals surface area contributed by atoms with E-state index in [0.29, 0.717) is 33.5 Å². The van der Waals surface area contributed by atoms with Crippen LogP contribution in [0.5, 0.6) is 11.5 Å². The van der Waals surface area contributed by atoms with Crippen molar-refractivity contribution >= 4 is 34.8 Å². The molecule has 0 fully saturated rings. The molecule has 0 unspecified atom stereocenters. The lowest BCUT2D eigenvalue weighted by Crippen LogP contribution is -2.22. The molecule has 0 saturated heterocycles. The molecule has 0 atom stereocenters. The molecule has 8 heteroatoms. The number of hydrogen-bond acceptors (Lipinski definition) is 5. The number of nitrogens with one attached hydrogen (secondary N) is 2. The predicted octanol–water partition coefficient (Wildman–Crippen LogP) is 3.80. The molecule has 28 heavy (non-hydrogen) atoms.